The van der Waals surface area contributed by atoms with Crippen molar-refractivity contribution in [1.29, 1.82) is 21.0 Å². The molecule has 67 heavy (non-hydrogen) atoms. The second kappa shape index (κ2) is 16.8. The predicted octanol–water partition coefficient (Wildman–Crippen LogP) is 13.5. The number of aromatic nitrogens is 4. The van der Waals surface area contributed by atoms with Gasteiger partial charge in [-0.05, 0) is 100 Å². The number of hydrogen-bond acceptors (Lipinski definition) is 7. The van der Waals surface area contributed by atoms with Crippen LogP contribution < -0.4 is 0 Å². The van der Waals surface area contributed by atoms with Gasteiger partial charge >= 0.3 is 6.18 Å². The SMILES string of the molecule is N#Cc1ccc(-c2ccc3c4ccc(-c5ccc(C#N)cc5C#N)cc4n(-c4ccc(-c5nc(-c6ccccc6)nc(-c6ccccc6)n5)c(-c5ccc(C(F)(F)F)cc5)c4)c3c2)c(C#N)c1. The van der Waals surface area contributed by atoms with Crippen molar-refractivity contribution < 1.29 is 13.2 Å². The maximum Gasteiger partial charge on any atom is 0.416 e. The summed E-state index contributed by atoms with van der Waals surface area (Å²) in [6.07, 6.45) is -4.56. The highest BCUT2D eigenvalue weighted by Gasteiger charge is 2.30. The summed E-state index contributed by atoms with van der Waals surface area (Å²) in [5, 5.41) is 41.2. The van der Waals surface area contributed by atoms with Crippen LogP contribution in [-0.2, 0) is 6.18 Å². The van der Waals surface area contributed by atoms with Gasteiger partial charge in [-0.1, -0.05) is 109 Å². The van der Waals surface area contributed by atoms with E-state index in [1.807, 2.05) is 120 Å². The summed E-state index contributed by atoms with van der Waals surface area (Å²) in [5.74, 6) is 1.12. The number of benzene rings is 8. The lowest BCUT2D eigenvalue weighted by Gasteiger charge is -2.16. The van der Waals surface area contributed by atoms with Crippen molar-refractivity contribution >= 4 is 21.8 Å². The Morgan fingerprint density at radius 1 is 0.388 bits per heavy atom. The van der Waals surface area contributed by atoms with Crippen LogP contribution in [0.3, 0.4) is 0 Å². The second-order valence-corrected chi connectivity index (χ2v) is 15.6. The summed E-state index contributed by atoms with van der Waals surface area (Å²) in [4.78, 5) is 14.8. The average molecular weight is 871 g/mol. The Bertz CT molecular complexity index is 3580. The lowest BCUT2D eigenvalue weighted by Crippen LogP contribution is -2.04. The third-order valence-corrected chi connectivity index (χ3v) is 11.7. The zero-order valence-electron chi connectivity index (χ0n) is 35.0. The fraction of sp³-hybridized carbons (Fsp3) is 0.0179. The minimum absolute atomic E-state index is 0.302. The first-order chi connectivity index (χ1) is 32.6. The number of nitrogens with zero attached hydrogens (tertiary/aromatic N) is 8. The molecule has 314 valence electrons. The highest BCUT2D eigenvalue weighted by Crippen LogP contribution is 2.41. The van der Waals surface area contributed by atoms with Gasteiger partial charge in [0.1, 0.15) is 0 Å². The fourth-order valence-electron chi connectivity index (χ4n) is 8.42. The average Bonchev–Trinajstić information content (AvgIpc) is 3.71. The molecule has 0 unspecified atom stereocenters. The Kier molecular flexibility index (Phi) is 10.4. The van der Waals surface area contributed by atoms with Gasteiger partial charge in [0, 0.05) is 33.2 Å². The normalized spacial score (nSPS) is 11.1. The van der Waals surface area contributed by atoms with Gasteiger partial charge in [-0.2, -0.15) is 34.2 Å². The quantitative estimate of drug-likeness (QED) is 0.155. The largest absolute Gasteiger partial charge is 0.416 e. The first-order valence-electron chi connectivity index (χ1n) is 20.8. The van der Waals surface area contributed by atoms with E-state index in [9.17, 15) is 34.2 Å². The van der Waals surface area contributed by atoms with Gasteiger partial charge in [-0.15, -0.1) is 0 Å². The summed E-state index contributed by atoms with van der Waals surface area (Å²) in [7, 11) is 0. The van der Waals surface area contributed by atoms with Crippen LogP contribution in [0, 0.1) is 45.3 Å². The summed E-state index contributed by atoms with van der Waals surface area (Å²) in [6, 6.07) is 59.9. The number of nitriles is 4. The van der Waals surface area contributed by atoms with Gasteiger partial charge in [0.25, 0.3) is 0 Å². The third kappa shape index (κ3) is 7.66. The molecule has 0 aliphatic rings. The van der Waals surface area contributed by atoms with Crippen LogP contribution >= 0.6 is 0 Å². The molecule has 0 aliphatic heterocycles. The van der Waals surface area contributed by atoms with Crippen LogP contribution in [0.5, 0.6) is 0 Å². The van der Waals surface area contributed by atoms with E-state index in [4.69, 9.17) is 15.0 Å². The molecule has 0 radical (unpaired) electrons. The van der Waals surface area contributed by atoms with Crippen molar-refractivity contribution in [2.75, 3.05) is 0 Å². The number of alkyl halides is 3. The Balaban J connectivity index is 1.26. The Morgan fingerprint density at radius 3 is 1.31 bits per heavy atom. The van der Waals surface area contributed by atoms with Crippen LogP contribution in [0.2, 0.25) is 0 Å². The van der Waals surface area contributed by atoms with Crippen LogP contribution in [0.1, 0.15) is 27.8 Å². The van der Waals surface area contributed by atoms with E-state index in [1.54, 1.807) is 36.4 Å². The summed E-state index contributed by atoms with van der Waals surface area (Å²) in [6.45, 7) is 0. The molecule has 10 aromatic rings. The number of halogens is 3. The molecule has 0 N–H and O–H groups in total. The van der Waals surface area contributed by atoms with Gasteiger partial charge < -0.3 is 4.57 Å². The first kappa shape index (κ1) is 41.3. The molecule has 0 fully saturated rings. The maximum atomic E-state index is 14.0. The van der Waals surface area contributed by atoms with E-state index in [1.165, 1.54) is 12.1 Å². The van der Waals surface area contributed by atoms with Crippen LogP contribution in [0.4, 0.5) is 13.2 Å². The lowest BCUT2D eigenvalue weighted by atomic mass is 9.96. The molecule has 10 rings (SSSR count). The summed E-state index contributed by atoms with van der Waals surface area (Å²) >= 11 is 0. The minimum Gasteiger partial charge on any atom is -0.309 e. The highest BCUT2D eigenvalue weighted by atomic mass is 19.4. The van der Waals surface area contributed by atoms with E-state index in [-0.39, 0.29) is 0 Å². The van der Waals surface area contributed by atoms with E-state index >= 15 is 0 Å². The molecular formula is C56H29F3N8. The standard InChI is InChI=1S/C56H29F3N8/c57-56(58,59)43-17-13-36(14-18-43)50-29-44(19-24-49(50)55-65-53(37-7-3-1-4-8-37)64-54(66-55)38-9-5-2-6-10-38)67-51-27-39(45-20-11-34(30-60)25-41(45)32-62)15-22-47(51)48-23-16-40(28-52(48)67)46-21-12-35(31-61)26-42(46)33-63/h1-29H. The van der Waals surface area contributed by atoms with Crippen molar-refractivity contribution in [1.82, 2.24) is 19.5 Å². The smallest absolute Gasteiger partial charge is 0.309 e. The zero-order valence-corrected chi connectivity index (χ0v) is 35.0. The lowest BCUT2D eigenvalue weighted by molar-refractivity contribution is -0.137. The number of rotatable bonds is 7. The molecule has 0 spiro atoms. The molecule has 0 bridgehead atoms. The van der Waals surface area contributed by atoms with E-state index < -0.39 is 11.7 Å². The fourth-order valence-corrected chi connectivity index (χ4v) is 8.42. The van der Waals surface area contributed by atoms with Crippen molar-refractivity contribution in [3.63, 3.8) is 0 Å². The van der Waals surface area contributed by atoms with Crippen LogP contribution in [0.15, 0.2) is 176 Å². The Labute approximate surface area is 381 Å². The van der Waals surface area contributed by atoms with Crippen LogP contribution in [-0.4, -0.2) is 19.5 Å². The van der Waals surface area contributed by atoms with E-state index in [2.05, 4.69) is 24.3 Å². The molecular weight excluding hydrogens is 842 g/mol. The predicted molar refractivity (Wildman–Crippen MR) is 251 cm³/mol. The molecule has 0 aliphatic carbocycles. The molecule has 0 amide bonds. The minimum atomic E-state index is -4.56. The van der Waals surface area contributed by atoms with Crippen LogP contribution in [0.25, 0.3) is 95.0 Å². The van der Waals surface area contributed by atoms with Crippen molar-refractivity contribution in [2.45, 2.75) is 6.18 Å². The van der Waals surface area contributed by atoms with Crippen molar-refractivity contribution in [3.8, 4) is 97.5 Å². The van der Waals surface area contributed by atoms with E-state index in [0.717, 1.165) is 45.1 Å². The Hall–Kier alpha value is -9.68. The Morgan fingerprint density at radius 2 is 0.851 bits per heavy atom. The number of fused-ring (bicyclic) bond motifs is 3. The summed E-state index contributed by atoms with van der Waals surface area (Å²) in [5.41, 5.74) is 8.37. The molecule has 0 saturated heterocycles. The maximum absolute atomic E-state index is 14.0. The molecule has 8 aromatic carbocycles. The monoisotopic (exact) mass is 870 g/mol. The molecule has 8 nitrogen and oxygen atoms in total. The van der Waals surface area contributed by atoms with Gasteiger partial charge in [0.05, 0.1) is 63.1 Å². The highest BCUT2D eigenvalue weighted by molar-refractivity contribution is 6.11. The van der Waals surface area contributed by atoms with Gasteiger partial charge in [-0.25, -0.2) is 15.0 Å². The third-order valence-electron chi connectivity index (χ3n) is 11.7. The topological polar surface area (TPSA) is 139 Å². The van der Waals surface area contributed by atoms with Crippen molar-refractivity contribution in [3.05, 3.63) is 204 Å². The van der Waals surface area contributed by atoms with Gasteiger partial charge in [0.15, 0.2) is 17.5 Å². The molecule has 11 heteroatoms. The number of hydrogen-bond donors (Lipinski definition) is 0. The van der Waals surface area contributed by atoms with Gasteiger partial charge in [0.2, 0.25) is 0 Å². The molecule has 2 aromatic heterocycles. The van der Waals surface area contributed by atoms with E-state index in [0.29, 0.717) is 84.4 Å². The molecule has 2 heterocycles. The first-order valence-corrected chi connectivity index (χ1v) is 20.8. The zero-order chi connectivity index (χ0) is 46.2. The second-order valence-electron chi connectivity index (χ2n) is 15.6. The van der Waals surface area contributed by atoms with Crippen molar-refractivity contribution in [2.24, 2.45) is 0 Å². The van der Waals surface area contributed by atoms with Gasteiger partial charge in [-0.3, -0.25) is 0 Å². The molecule has 0 atom stereocenters. The summed E-state index contributed by atoms with van der Waals surface area (Å²) < 4.78 is 44.1. The molecule has 0 saturated carbocycles.